The van der Waals surface area contributed by atoms with Gasteiger partial charge in [0.2, 0.25) is 0 Å². The lowest BCUT2D eigenvalue weighted by atomic mass is 10.2. The Balaban J connectivity index is 2.30. The zero-order valence-corrected chi connectivity index (χ0v) is 14.1. The van der Waals surface area contributed by atoms with Crippen LogP contribution < -0.4 is 0 Å². The molecule has 3 aromatic rings. The van der Waals surface area contributed by atoms with E-state index in [2.05, 4.69) is 41.8 Å². The van der Waals surface area contributed by atoms with Crippen LogP contribution in [0.3, 0.4) is 0 Å². The summed E-state index contributed by atoms with van der Waals surface area (Å²) in [6.45, 7) is 0. The molecule has 0 aliphatic heterocycles. The second kappa shape index (κ2) is 5.59. The van der Waals surface area contributed by atoms with Crippen molar-refractivity contribution in [3.05, 3.63) is 56.1 Å². The molecule has 0 spiro atoms. The SMILES string of the molecule is Fc1cc(F)cc(-c2nc(Cl)c3cc(Br)cc(Br)c3n2)c1. The Morgan fingerprint density at radius 3 is 2.24 bits per heavy atom. The average molecular weight is 434 g/mol. The summed E-state index contributed by atoms with van der Waals surface area (Å²) in [5, 5.41) is 0.847. The molecule has 0 saturated carbocycles. The van der Waals surface area contributed by atoms with Gasteiger partial charge in [0, 0.05) is 26.0 Å². The normalized spacial score (nSPS) is 11.1. The highest BCUT2D eigenvalue weighted by Gasteiger charge is 2.13. The monoisotopic (exact) mass is 432 g/mol. The van der Waals surface area contributed by atoms with Crippen LogP contribution in [0.1, 0.15) is 0 Å². The summed E-state index contributed by atoms with van der Waals surface area (Å²) in [4.78, 5) is 8.45. The smallest absolute Gasteiger partial charge is 0.161 e. The van der Waals surface area contributed by atoms with Crippen molar-refractivity contribution in [3.8, 4) is 11.4 Å². The van der Waals surface area contributed by atoms with Crippen molar-refractivity contribution >= 4 is 54.4 Å². The minimum absolute atomic E-state index is 0.161. The number of hydrogen-bond acceptors (Lipinski definition) is 2. The van der Waals surface area contributed by atoms with Gasteiger partial charge in [0.15, 0.2) is 5.82 Å². The molecule has 0 unspecified atom stereocenters. The van der Waals surface area contributed by atoms with Gasteiger partial charge in [-0.2, -0.15) is 0 Å². The third kappa shape index (κ3) is 2.93. The van der Waals surface area contributed by atoms with Gasteiger partial charge < -0.3 is 0 Å². The van der Waals surface area contributed by atoms with Crippen molar-refractivity contribution < 1.29 is 8.78 Å². The molecule has 0 N–H and O–H groups in total. The van der Waals surface area contributed by atoms with Gasteiger partial charge >= 0.3 is 0 Å². The number of rotatable bonds is 1. The van der Waals surface area contributed by atoms with Gasteiger partial charge in [0.05, 0.1) is 5.52 Å². The zero-order chi connectivity index (χ0) is 15.1. The molecular weight excluding hydrogens is 429 g/mol. The number of hydrogen-bond donors (Lipinski definition) is 0. The Labute approximate surface area is 140 Å². The van der Waals surface area contributed by atoms with Gasteiger partial charge in [0.25, 0.3) is 0 Å². The van der Waals surface area contributed by atoms with Gasteiger partial charge in [-0.1, -0.05) is 27.5 Å². The summed E-state index contributed by atoms with van der Waals surface area (Å²) in [5.74, 6) is -1.23. The van der Waals surface area contributed by atoms with Crippen molar-refractivity contribution in [1.29, 1.82) is 0 Å². The summed E-state index contributed by atoms with van der Waals surface area (Å²) in [6, 6.07) is 6.69. The fraction of sp³-hybridized carbons (Fsp3) is 0. The van der Waals surface area contributed by atoms with E-state index < -0.39 is 11.6 Å². The van der Waals surface area contributed by atoms with Crippen LogP contribution in [-0.4, -0.2) is 9.97 Å². The van der Waals surface area contributed by atoms with Crippen LogP contribution in [0.5, 0.6) is 0 Å². The van der Waals surface area contributed by atoms with Crippen molar-refractivity contribution in [3.63, 3.8) is 0 Å². The highest BCUT2D eigenvalue weighted by Crippen LogP contribution is 2.32. The second-order valence-corrected chi connectivity index (χ2v) is 6.41. The standard InChI is InChI=1S/C14H5Br2ClF2N2/c15-7-3-10-12(11(16)4-7)20-14(21-13(10)17)6-1-8(18)5-9(19)2-6/h1-5H. The maximum atomic E-state index is 13.3. The molecule has 0 bridgehead atoms. The van der Waals surface area contributed by atoms with Gasteiger partial charge in [-0.25, -0.2) is 18.7 Å². The quantitative estimate of drug-likeness (QED) is 0.456. The van der Waals surface area contributed by atoms with Crippen LogP contribution >= 0.6 is 43.5 Å². The highest BCUT2D eigenvalue weighted by atomic mass is 79.9. The Morgan fingerprint density at radius 1 is 0.905 bits per heavy atom. The van der Waals surface area contributed by atoms with Crippen molar-refractivity contribution in [2.75, 3.05) is 0 Å². The van der Waals surface area contributed by atoms with E-state index in [4.69, 9.17) is 11.6 Å². The molecule has 0 saturated heterocycles. The van der Waals surface area contributed by atoms with Crippen molar-refractivity contribution in [2.24, 2.45) is 0 Å². The van der Waals surface area contributed by atoms with Crippen LogP contribution in [0.15, 0.2) is 39.3 Å². The van der Waals surface area contributed by atoms with E-state index in [1.807, 2.05) is 6.07 Å². The van der Waals surface area contributed by atoms with E-state index in [9.17, 15) is 8.78 Å². The number of fused-ring (bicyclic) bond motifs is 1. The first-order chi connectivity index (χ1) is 9.94. The first-order valence-corrected chi connectivity index (χ1v) is 7.69. The largest absolute Gasteiger partial charge is 0.227 e. The third-order valence-electron chi connectivity index (χ3n) is 2.79. The molecule has 0 fully saturated rings. The van der Waals surface area contributed by atoms with Crippen LogP contribution in [0.25, 0.3) is 22.3 Å². The van der Waals surface area contributed by atoms with Gasteiger partial charge in [-0.15, -0.1) is 0 Å². The average Bonchev–Trinajstić information content (AvgIpc) is 2.38. The predicted octanol–water partition coefficient (Wildman–Crippen LogP) is 5.75. The Bertz CT molecular complexity index is 851. The van der Waals surface area contributed by atoms with E-state index in [-0.39, 0.29) is 16.5 Å². The maximum absolute atomic E-state index is 13.3. The lowest BCUT2D eigenvalue weighted by Crippen LogP contribution is -1.94. The van der Waals surface area contributed by atoms with Crippen molar-refractivity contribution in [2.45, 2.75) is 0 Å². The van der Waals surface area contributed by atoms with E-state index in [0.29, 0.717) is 15.4 Å². The Morgan fingerprint density at radius 2 is 1.57 bits per heavy atom. The molecule has 0 aliphatic carbocycles. The van der Waals surface area contributed by atoms with E-state index in [0.717, 1.165) is 22.7 Å². The molecule has 1 heterocycles. The van der Waals surface area contributed by atoms with E-state index in [1.54, 1.807) is 6.07 Å². The zero-order valence-electron chi connectivity index (χ0n) is 10.2. The number of halogens is 5. The third-order valence-corrected chi connectivity index (χ3v) is 4.14. The summed E-state index contributed by atoms with van der Waals surface area (Å²) in [7, 11) is 0. The van der Waals surface area contributed by atoms with Crippen molar-refractivity contribution in [1.82, 2.24) is 9.97 Å². The number of nitrogens with zero attached hydrogens (tertiary/aromatic N) is 2. The molecule has 2 aromatic carbocycles. The first kappa shape index (κ1) is 14.8. The minimum atomic E-state index is -0.695. The fourth-order valence-electron chi connectivity index (χ4n) is 1.93. The Hall–Kier alpha value is -1.11. The fourth-order valence-corrected chi connectivity index (χ4v) is 3.47. The summed E-state index contributed by atoms with van der Waals surface area (Å²) in [6.07, 6.45) is 0. The second-order valence-electron chi connectivity index (χ2n) is 4.28. The van der Waals surface area contributed by atoms with Gasteiger partial charge in [-0.3, -0.25) is 0 Å². The van der Waals surface area contributed by atoms with E-state index in [1.165, 1.54) is 0 Å². The first-order valence-electron chi connectivity index (χ1n) is 5.73. The molecular formula is C14H5Br2ClF2N2. The molecule has 0 aliphatic rings. The van der Waals surface area contributed by atoms with Crippen LogP contribution in [0.2, 0.25) is 5.15 Å². The van der Waals surface area contributed by atoms with Crippen LogP contribution in [0.4, 0.5) is 8.78 Å². The molecule has 106 valence electrons. The summed E-state index contributed by atoms with van der Waals surface area (Å²) >= 11 is 12.9. The van der Waals surface area contributed by atoms with Gasteiger partial charge in [0.1, 0.15) is 16.8 Å². The maximum Gasteiger partial charge on any atom is 0.161 e. The number of aromatic nitrogens is 2. The summed E-state index contributed by atoms with van der Waals surface area (Å²) < 4.78 is 28.2. The lowest BCUT2D eigenvalue weighted by molar-refractivity contribution is 0.584. The predicted molar refractivity (Wildman–Crippen MR) is 85.3 cm³/mol. The molecule has 21 heavy (non-hydrogen) atoms. The molecule has 1 aromatic heterocycles. The highest BCUT2D eigenvalue weighted by molar-refractivity contribution is 9.11. The summed E-state index contributed by atoms with van der Waals surface area (Å²) in [5.41, 5.74) is 0.795. The van der Waals surface area contributed by atoms with Gasteiger partial charge in [-0.05, 0) is 40.2 Å². The topological polar surface area (TPSA) is 25.8 Å². The van der Waals surface area contributed by atoms with Crippen LogP contribution in [0, 0.1) is 11.6 Å². The Kier molecular flexibility index (Phi) is 3.94. The van der Waals surface area contributed by atoms with E-state index >= 15 is 0 Å². The lowest BCUT2D eigenvalue weighted by Gasteiger charge is -2.07. The molecule has 2 nitrogen and oxygen atoms in total. The minimum Gasteiger partial charge on any atom is -0.227 e. The molecule has 0 radical (unpaired) electrons. The molecule has 0 amide bonds. The molecule has 7 heteroatoms. The molecule has 0 atom stereocenters. The number of benzene rings is 2. The molecule has 3 rings (SSSR count). The van der Waals surface area contributed by atoms with Crippen LogP contribution in [-0.2, 0) is 0 Å².